The molecule has 0 aliphatic heterocycles. The van der Waals surface area contributed by atoms with Crippen molar-refractivity contribution in [2.24, 2.45) is 0 Å². The molecule has 1 radical (unpaired) electrons. The second-order valence-electron chi connectivity index (χ2n) is 11.8. The van der Waals surface area contributed by atoms with Crippen molar-refractivity contribution in [3.05, 3.63) is 65.1 Å². The highest BCUT2D eigenvalue weighted by Crippen LogP contribution is 2.41. The molecule has 0 heterocycles. The first-order chi connectivity index (χ1) is 18.3. The molecule has 0 N–H and O–H groups in total. The number of hydrogen-bond donors (Lipinski definition) is 0. The largest absolute Gasteiger partial charge is 0.0654 e. The molecule has 0 unspecified atom stereocenters. The van der Waals surface area contributed by atoms with Gasteiger partial charge in [-0.05, 0) is 59.1 Å². The molecule has 0 saturated heterocycles. The lowest BCUT2D eigenvalue weighted by molar-refractivity contribution is 0.553. The van der Waals surface area contributed by atoms with Crippen LogP contribution in [0.15, 0.2) is 36.4 Å². The van der Waals surface area contributed by atoms with Crippen molar-refractivity contribution in [3.8, 4) is 11.1 Å². The van der Waals surface area contributed by atoms with E-state index in [2.05, 4.69) is 56.7 Å². The minimum absolute atomic E-state index is 1.26. The Morgan fingerprint density at radius 1 is 0.432 bits per heavy atom. The van der Waals surface area contributed by atoms with Gasteiger partial charge in [-0.1, -0.05) is 166 Å². The molecule has 0 amide bonds. The van der Waals surface area contributed by atoms with E-state index in [1.807, 2.05) is 0 Å². The van der Waals surface area contributed by atoms with E-state index in [1.165, 1.54) is 158 Å². The molecule has 0 saturated carbocycles. The zero-order valence-corrected chi connectivity index (χ0v) is 24.6. The Labute approximate surface area is 231 Å². The Kier molecular flexibility index (Phi) is 15.1. The number of hydrogen-bond acceptors (Lipinski definition) is 0. The highest BCUT2D eigenvalue weighted by atomic mass is 14.3. The summed E-state index contributed by atoms with van der Waals surface area (Å²) in [6, 6.07) is 13.9. The molecule has 0 atom stereocenters. The second-order valence-corrected chi connectivity index (χ2v) is 11.8. The Morgan fingerprint density at radius 3 is 1.49 bits per heavy atom. The molecule has 0 nitrogen and oxygen atoms in total. The van der Waals surface area contributed by atoms with Crippen LogP contribution in [0.2, 0.25) is 0 Å². The van der Waals surface area contributed by atoms with Gasteiger partial charge < -0.3 is 0 Å². The Morgan fingerprint density at radius 2 is 0.919 bits per heavy atom. The summed E-state index contributed by atoms with van der Waals surface area (Å²) in [6.07, 6.45) is 33.3. The Hall–Kier alpha value is -1.56. The summed E-state index contributed by atoms with van der Waals surface area (Å²) in [5.74, 6) is 0. The molecule has 0 bridgehead atoms. The Balaban J connectivity index is 1.44. The van der Waals surface area contributed by atoms with Crippen molar-refractivity contribution in [3.63, 3.8) is 0 Å². The molecule has 205 valence electrons. The summed E-state index contributed by atoms with van der Waals surface area (Å²) in [6.45, 7) is 4.61. The highest BCUT2D eigenvalue weighted by Gasteiger charge is 2.22. The van der Waals surface area contributed by atoms with Crippen LogP contribution in [0, 0.1) is 6.42 Å². The predicted molar refractivity (Wildman–Crippen MR) is 165 cm³/mol. The van der Waals surface area contributed by atoms with E-state index in [-0.39, 0.29) is 0 Å². The molecule has 0 fully saturated rings. The van der Waals surface area contributed by atoms with Crippen molar-refractivity contribution >= 4 is 0 Å². The summed E-state index contributed by atoms with van der Waals surface area (Å²) in [4.78, 5) is 0. The summed E-state index contributed by atoms with van der Waals surface area (Å²) >= 11 is 0. The van der Waals surface area contributed by atoms with Gasteiger partial charge in [0.1, 0.15) is 0 Å². The van der Waals surface area contributed by atoms with Gasteiger partial charge in [0.2, 0.25) is 0 Å². The summed E-state index contributed by atoms with van der Waals surface area (Å²) in [5, 5.41) is 0. The third-order valence-electron chi connectivity index (χ3n) is 8.58. The van der Waals surface area contributed by atoms with E-state index in [0.717, 1.165) is 0 Å². The number of fused-ring (bicyclic) bond motifs is 3. The maximum atomic E-state index is 2.48. The highest BCUT2D eigenvalue weighted by molar-refractivity contribution is 5.82. The van der Waals surface area contributed by atoms with Crippen molar-refractivity contribution < 1.29 is 0 Å². The monoisotopic (exact) mass is 501 g/mol. The molecule has 0 heteroatoms. The van der Waals surface area contributed by atoms with Gasteiger partial charge in [-0.15, -0.1) is 0 Å². The topological polar surface area (TPSA) is 0 Å². The van der Waals surface area contributed by atoms with Crippen LogP contribution in [0.5, 0.6) is 0 Å². The number of benzene rings is 2. The lowest BCUT2D eigenvalue weighted by atomic mass is 9.89. The first kappa shape index (κ1) is 30.0. The molecule has 37 heavy (non-hydrogen) atoms. The average Bonchev–Trinajstić information content (AvgIpc) is 3.30. The van der Waals surface area contributed by atoms with Crippen LogP contribution in [0.4, 0.5) is 0 Å². The van der Waals surface area contributed by atoms with Gasteiger partial charge in [0, 0.05) is 6.42 Å². The lowest BCUT2D eigenvalue weighted by Crippen LogP contribution is -2.01. The van der Waals surface area contributed by atoms with Crippen LogP contribution >= 0.6 is 0 Å². The normalized spacial score (nSPS) is 12.2. The molecule has 2 aromatic rings. The first-order valence-corrected chi connectivity index (χ1v) is 16.4. The summed E-state index contributed by atoms with van der Waals surface area (Å²) in [5.41, 5.74) is 9.18. The fourth-order valence-corrected chi connectivity index (χ4v) is 6.25. The van der Waals surface area contributed by atoms with Crippen LogP contribution in [-0.2, 0) is 12.8 Å². The zero-order chi connectivity index (χ0) is 26.0. The van der Waals surface area contributed by atoms with Crippen LogP contribution in [-0.4, -0.2) is 0 Å². The van der Waals surface area contributed by atoms with Crippen molar-refractivity contribution in [2.75, 3.05) is 0 Å². The van der Waals surface area contributed by atoms with E-state index in [1.54, 1.807) is 16.7 Å². The van der Waals surface area contributed by atoms with Crippen LogP contribution in [0.25, 0.3) is 11.1 Å². The van der Waals surface area contributed by atoms with Gasteiger partial charge in [-0.2, -0.15) is 0 Å². The van der Waals surface area contributed by atoms with Crippen LogP contribution in [0.1, 0.15) is 165 Å². The van der Waals surface area contributed by atoms with Gasteiger partial charge >= 0.3 is 0 Å². The Bertz CT molecular complexity index is 860. The van der Waals surface area contributed by atoms with Gasteiger partial charge in [0.15, 0.2) is 0 Å². The first-order valence-electron chi connectivity index (χ1n) is 16.4. The molecule has 1 aliphatic rings. The predicted octanol–water partition coefficient (Wildman–Crippen LogP) is 12.2. The average molecular weight is 502 g/mol. The standard InChI is InChI=1S/C37H57/c1-3-5-7-9-11-13-15-17-19-21-25-32-29-30-36-35-28-24-23-26-33(35)31-37(36)34(32)27-22-20-18-16-14-12-10-8-6-4-2/h23-24,26,28-31H,3-22,25,27H2,1-2H3. The minimum Gasteiger partial charge on any atom is -0.0654 e. The smallest absolute Gasteiger partial charge is 0.0214 e. The number of rotatable bonds is 22. The van der Waals surface area contributed by atoms with Crippen LogP contribution < -0.4 is 0 Å². The molecular formula is C37H57. The minimum atomic E-state index is 1.26. The quantitative estimate of drug-likeness (QED) is 0.120. The SMILES string of the molecule is CCCCCCCCCCCCc1ccc2c(c1CCCCCCCCCCCC)[CH]c1ccccc1-2. The summed E-state index contributed by atoms with van der Waals surface area (Å²) < 4.78 is 0. The third kappa shape index (κ3) is 10.6. The van der Waals surface area contributed by atoms with Crippen molar-refractivity contribution in [1.82, 2.24) is 0 Å². The fraction of sp³-hybridized carbons (Fsp3) is 0.649. The molecular weight excluding hydrogens is 444 g/mol. The summed E-state index contributed by atoms with van der Waals surface area (Å²) in [7, 11) is 0. The van der Waals surface area contributed by atoms with Gasteiger partial charge in [-0.3, -0.25) is 0 Å². The van der Waals surface area contributed by atoms with E-state index < -0.39 is 0 Å². The van der Waals surface area contributed by atoms with E-state index >= 15 is 0 Å². The van der Waals surface area contributed by atoms with Gasteiger partial charge in [-0.25, -0.2) is 0 Å². The van der Waals surface area contributed by atoms with E-state index in [4.69, 9.17) is 0 Å². The van der Waals surface area contributed by atoms with E-state index in [9.17, 15) is 0 Å². The van der Waals surface area contributed by atoms with Gasteiger partial charge in [0.25, 0.3) is 0 Å². The maximum Gasteiger partial charge on any atom is 0.0214 e. The number of aryl methyl sites for hydroxylation is 1. The molecule has 3 rings (SSSR count). The number of unbranched alkanes of at least 4 members (excludes halogenated alkanes) is 18. The third-order valence-corrected chi connectivity index (χ3v) is 8.58. The van der Waals surface area contributed by atoms with Crippen molar-refractivity contribution in [2.45, 2.75) is 155 Å². The molecule has 0 aromatic heterocycles. The van der Waals surface area contributed by atoms with Crippen LogP contribution in [0.3, 0.4) is 0 Å². The van der Waals surface area contributed by atoms with Gasteiger partial charge in [0.05, 0.1) is 0 Å². The molecule has 0 spiro atoms. The molecule has 2 aromatic carbocycles. The fourth-order valence-electron chi connectivity index (χ4n) is 6.25. The zero-order valence-electron chi connectivity index (χ0n) is 24.6. The van der Waals surface area contributed by atoms with Crippen molar-refractivity contribution in [1.29, 1.82) is 0 Å². The molecule has 1 aliphatic carbocycles. The maximum absolute atomic E-state index is 2.48. The second kappa shape index (κ2) is 18.7. The van der Waals surface area contributed by atoms with E-state index in [0.29, 0.717) is 0 Å². The lowest BCUT2D eigenvalue weighted by Gasteiger charge is -2.15.